The number of nitrogens with two attached hydrogens (primary N) is 1. The van der Waals surface area contributed by atoms with Crippen molar-refractivity contribution in [2.75, 3.05) is 12.3 Å². The van der Waals surface area contributed by atoms with Crippen LogP contribution in [0.1, 0.15) is 18.1 Å². The number of rotatable bonds is 5. The van der Waals surface area contributed by atoms with Gasteiger partial charge in [0, 0.05) is 28.8 Å². The van der Waals surface area contributed by atoms with Gasteiger partial charge < -0.3 is 15.9 Å². The first kappa shape index (κ1) is 14.2. The highest BCUT2D eigenvalue weighted by Gasteiger charge is 2.21. The summed E-state index contributed by atoms with van der Waals surface area (Å²) < 4.78 is 25.8. The van der Waals surface area contributed by atoms with E-state index in [4.69, 9.17) is 11.3 Å². The first-order valence-corrected chi connectivity index (χ1v) is 5.08. The number of hydrogen-bond acceptors (Lipinski definition) is 4. The van der Waals surface area contributed by atoms with Gasteiger partial charge in [0.15, 0.2) is 11.6 Å². The van der Waals surface area contributed by atoms with Gasteiger partial charge in [0.2, 0.25) is 0 Å². The van der Waals surface area contributed by atoms with Gasteiger partial charge in [0.05, 0.1) is 6.10 Å². The summed E-state index contributed by atoms with van der Waals surface area (Å²) in [6.45, 7) is -0.0295. The molecule has 0 aliphatic heterocycles. The number of nitrogen functional groups attached to an aromatic ring is 1. The second-order valence-electron chi connectivity index (χ2n) is 3.65. The molecule has 98 valence electrons. The van der Waals surface area contributed by atoms with Crippen LogP contribution in [0.15, 0.2) is 17.2 Å². The van der Waals surface area contributed by atoms with E-state index in [1.807, 2.05) is 0 Å². The van der Waals surface area contributed by atoms with Crippen molar-refractivity contribution >= 4 is 5.69 Å². The molecule has 0 radical (unpaired) electrons. The third-order valence-corrected chi connectivity index (χ3v) is 2.40. The molecule has 0 saturated heterocycles. The summed E-state index contributed by atoms with van der Waals surface area (Å²) in [6, 6.07) is 1.46. The first-order chi connectivity index (χ1) is 8.47. The Hall–Kier alpha value is -1.89. The monoisotopic (exact) mass is 258 g/mol. The van der Waals surface area contributed by atoms with Crippen molar-refractivity contribution in [2.45, 2.75) is 18.6 Å². The fourth-order valence-corrected chi connectivity index (χ4v) is 1.43. The number of halogens is 2. The predicted molar refractivity (Wildman–Crippen MR) is 60.4 cm³/mol. The minimum absolute atomic E-state index is 0.0241. The van der Waals surface area contributed by atoms with Crippen molar-refractivity contribution in [2.24, 2.45) is 5.11 Å². The average Bonchev–Trinajstić information content (AvgIpc) is 2.33. The van der Waals surface area contributed by atoms with E-state index >= 15 is 0 Å². The number of nitrogens with zero attached hydrogens (tertiary/aromatic N) is 3. The fourth-order valence-electron chi connectivity index (χ4n) is 1.43. The Morgan fingerprint density at radius 3 is 2.56 bits per heavy atom. The van der Waals surface area contributed by atoms with Gasteiger partial charge in [-0.3, -0.25) is 0 Å². The molecule has 0 aliphatic carbocycles. The summed E-state index contributed by atoms with van der Waals surface area (Å²) in [7, 11) is 0. The van der Waals surface area contributed by atoms with Crippen molar-refractivity contribution in [3.8, 4) is 0 Å². The van der Waals surface area contributed by atoms with Gasteiger partial charge in [-0.1, -0.05) is 5.11 Å². The molecular formula is C10H12F2N4O2. The lowest BCUT2D eigenvalue weighted by atomic mass is 10.0. The van der Waals surface area contributed by atoms with E-state index in [1.54, 1.807) is 0 Å². The highest BCUT2D eigenvalue weighted by molar-refractivity contribution is 5.48. The highest BCUT2D eigenvalue weighted by Crippen LogP contribution is 2.26. The number of aliphatic hydroxyl groups excluding tert-OH is 2. The maximum Gasteiger partial charge on any atom is 0.160 e. The Morgan fingerprint density at radius 2 is 1.94 bits per heavy atom. The third-order valence-electron chi connectivity index (χ3n) is 2.40. The zero-order valence-corrected chi connectivity index (χ0v) is 9.29. The summed E-state index contributed by atoms with van der Waals surface area (Å²) in [6.07, 6.45) is -2.79. The van der Waals surface area contributed by atoms with E-state index in [9.17, 15) is 19.0 Å². The first-order valence-electron chi connectivity index (χ1n) is 5.08. The number of aliphatic hydroxyl groups is 2. The molecule has 0 heterocycles. The lowest BCUT2D eigenvalue weighted by Crippen LogP contribution is -2.20. The van der Waals surface area contributed by atoms with E-state index in [2.05, 4.69) is 10.0 Å². The van der Waals surface area contributed by atoms with Crippen LogP contribution in [0.5, 0.6) is 0 Å². The number of anilines is 1. The molecule has 2 unspecified atom stereocenters. The van der Waals surface area contributed by atoms with E-state index in [-0.39, 0.29) is 24.2 Å². The van der Waals surface area contributed by atoms with Gasteiger partial charge in [-0.2, -0.15) is 0 Å². The molecule has 8 heteroatoms. The summed E-state index contributed by atoms with van der Waals surface area (Å²) in [4.78, 5) is 2.48. The number of hydrogen-bond donors (Lipinski definition) is 3. The number of benzene rings is 1. The Morgan fingerprint density at radius 1 is 1.33 bits per heavy atom. The van der Waals surface area contributed by atoms with Gasteiger partial charge in [-0.15, -0.1) is 0 Å². The molecule has 2 atom stereocenters. The quantitative estimate of drug-likeness (QED) is 0.322. The lowest BCUT2D eigenvalue weighted by molar-refractivity contribution is 0.0152. The molecule has 0 saturated carbocycles. The largest absolute Gasteiger partial charge is 0.398 e. The zero-order valence-electron chi connectivity index (χ0n) is 9.29. The van der Waals surface area contributed by atoms with Crippen molar-refractivity contribution in [3.63, 3.8) is 0 Å². The van der Waals surface area contributed by atoms with Crippen LogP contribution in [-0.2, 0) is 0 Å². The van der Waals surface area contributed by atoms with Gasteiger partial charge in [-0.05, 0) is 18.0 Å². The summed E-state index contributed by atoms with van der Waals surface area (Å²) in [5.41, 5.74) is 13.2. The molecule has 1 aromatic carbocycles. The molecule has 6 nitrogen and oxygen atoms in total. The zero-order chi connectivity index (χ0) is 13.7. The average molecular weight is 258 g/mol. The Labute approximate surface area is 101 Å². The molecule has 0 amide bonds. The lowest BCUT2D eigenvalue weighted by Gasteiger charge is -2.19. The van der Waals surface area contributed by atoms with E-state index < -0.39 is 23.8 Å². The predicted octanol–water partition coefficient (Wildman–Crippen LogP) is 1.64. The van der Waals surface area contributed by atoms with E-state index in [0.29, 0.717) is 0 Å². The molecule has 0 aliphatic rings. The van der Waals surface area contributed by atoms with Crippen LogP contribution in [0, 0.1) is 11.6 Å². The minimum atomic E-state index is -1.48. The highest BCUT2D eigenvalue weighted by atomic mass is 19.2. The van der Waals surface area contributed by atoms with Gasteiger partial charge >= 0.3 is 0 Å². The summed E-state index contributed by atoms with van der Waals surface area (Å²) >= 11 is 0. The molecule has 18 heavy (non-hydrogen) atoms. The van der Waals surface area contributed by atoms with Crippen molar-refractivity contribution in [3.05, 3.63) is 39.8 Å². The fraction of sp³-hybridized carbons (Fsp3) is 0.400. The molecule has 4 N–H and O–H groups in total. The van der Waals surface area contributed by atoms with Crippen molar-refractivity contribution in [1.29, 1.82) is 0 Å². The molecule has 0 spiro atoms. The second kappa shape index (κ2) is 6.15. The molecule has 0 fully saturated rings. The van der Waals surface area contributed by atoms with E-state index in [0.717, 1.165) is 12.1 Å². The Bertz CT molecular complexity index is 477. The van der Waals surface area contributed by atoms with Crippen LogP contribution in [0.4, 0.5) is 14.5 Å². The van der Waals surface area contributed by atoms with Crippen LogP contribution < -0.4 is 5.73 Å². The summed E-state index contributed by atoms with van der Waals surface area (Å²) in [5.74, 6) is -2.30. The smallest absolute Gasteiger partial charge is 0.160 e. The molecule has 0 bridgehead atoms. The van der Waals surface area contributed by atoms with Gasteiger partial charge in [0.25, 0.3) is 0 Å². The number of azide groups is 1. The summed E-state index contributed by atoms with van der Waals surface area (Å²) in [5, 5.41) is 22.5. The Balaban J connectivity index is 2.85. The van der Waals surface area contributed by atoms with Crippen LogP contribution in [0.3, 0.4) is 0 Å². The standard InChI is InChI=1S/C10H12F2N4O2/c11-6-3-5(8(13)4-7(6)12)10(18)9(17)1-2-15-16-14/h3-4,9-10,17-18H,1-2,13H2. The van der Waals surface area contributed by atoms with Crippen LogP contribution in [0.25, 0.3) is 10.4 Å². The van der Waals surface area contributed by atoms with Crippen molar-refractivity contribution in [1.82, 2.24) is 0 Å². The molecule has 1 aromatic rings. The van der Waals surface area contributed by atoms with Crippen LogP contribution in [0.2, 0.25) is 0 Å². The minimum Gasteiger partial charge on any atom is -0.398 e. The Kier molecular flexibility index (Phi) is 4.85. The van der Waals surface area contributed by atoms with Gasteiger partial charge in [0.1, 0.15) is 6.10 Å². The molecular weight excluding hydrogens is 246 g/mol. The topological polar surface area (TPSA) is 115 Å². The molecule has 0 aromatic heterocycles. The van der Waals surface area contributed by atoms with Gasteiger partial charge in [-0.25, -0.2) is 8.78 Å². The molecule has 1 rings (SSSR count). The van der Waals surface area contributed by atoms with E-state index in [1.165, 1.54) is 0 Å². The van der Waals surface area contributed by atoms with Crippen LogP contribution >= 0.6 is 0 Å². The third kappa shape index (κ3) is 3.30. The maximum atomic E-state index is 13.0. The SMILES string of the molecule is [N-]=[N+]=NCCC(O)C(O)c1cc(F)c(F)cc1N. The maximum absolute atomic E-state index is 13.0. The van der Waals surface area contributed by atoms with Crippen molar-refractivity contribution < 1.29 is 19.0 Å². The normalized spacial score (nSPS) is 13.8. The second-order valence-corrected chi connectivity index (χ2v) is 3.65. The van der Waals surface area contributed by atoms with Crippen LogP contribution in [-0.4, -0.2) is 22.9 Å².